The number of β-amino-alcohol motifs (C(OH)–C–C–N with tert-alkyl or cyclic N) is 1. The Morgan fingerprint density at radius 3 is 2.45 bits per heavy atom. The number of amides is 1. The average Bonchev–Trinajstić information content (AvgIpc) is 3.30. The molecule has 10 nitrogen and oxygen atoms in total. The van der Waals surface area contributed by atoms with Crippen molar-refractivity contribution in [3.63, 3.8) is 0 Å². The molecule has 6 rings (SSSR count). The number of carbonyl (C=O) groups excluding carboxylic acids is 1. The van der Waals surface area contributed by atoms with Crippen LogP contribution in [0, 0.1) is 5.92 Å². The molecule has 3 fully saturated rings. The SMILES string of the molecule is CC(C(=O)Nc1cc(-n2cnc3cc(B4OC(C)(C)C(C)(C)O4)ccc3c2=O)ccc1OC(F)(F)F)N1CC2CCC2(O)C1. The molecule has 0 spiro atoms. The third kappa shape index (κ3) is 5.37. The number of alkyl halides is 3. The monoisotopic (exact) mass is 614 g/mol. The van der Waals surface area contributed by atoms with E-state index in [1.54, 1.807) is 25.1 Å². The minimum atomic E-state index is -5.01. The fraction of sp³-hybridized carbons (Fsp3) is 0.500. The Hall–Kier alpha value is -3.46. The lowest BCUT2D eigenvalue weighted by Crippen LogP contribution is -2.47. The number of anilines is 1. The van der Waals surface area contributed by atoms with Crippen LogP contribution in [0.4, 0.5) is 18.9 Å². The van der Waals surface area contributed by atoms with E-state index in [0.29, 0.717) is 30.5 Å². The van der Waals surface area contributed by atoms with Crippen LogP contribution in [0.2, 0.25) is 0 Å². The van der Waals surface area contributed by atoms with Crippen molar-refractivity contribution in [2.45, 2.75) is 76.7 Å². The number of likely N-dealkylation sites (tertiary alicyclic amines) is 1. The van der Waals surface area contributed by atoms with Gasteiger partial charge in [-0.25, -0.2) is 4.98 Å². The summed E-state index contributed by atoms with van der Waals surface area (Å²) in [5.74, 6) is -1.13. The quantitative estimate of drug-likeness (QED) is 0.407. The molecule has 3 aromatic rings. The van der Waals surface area contributed by atoms with Gasteiger partial charge < -0.3 is 24.5 Å². The van der Waals surface area contributed by atoms with Crippen LogP contribution in [-0.2, 0) is 14.1 Å². The van der Waals surface area contributed by atoms with E-state index in [1.165, 1.54) is 23.0 Å². The number of fused-ring (bicyclic) bond motifs is 2. The highest BCUT2D eigenvalue weighted by Crippen LogP contribution is 2.45. The van der Waals surface area contributed by atoms with E-state index in [4.69, 9.17) is 9.31 Å². The summed E-state index contributed by atoms with van der Waals surface area (Å²) in [5, 5.41) is 13.4. The Labute approximate surface area is 252 Å². The van der Waals surface area contributed by atoms with Gasteiger partial charge in [-0.05, 0) is 83.3 Å². The van der Waals surface area contributed by atoms with Crippen LogP contribution in [0.5, 0.6) is 5.75 Å². The number of hydrogen-bond acceptors (Lipinski definition) is 8. The van der Waals surface area contributed by atoms with E-state index in [2.05, 4.69) is 15.0 Å². The van der Waals surface area contributed by atoms with Crippen molar-refractivity contribution >= 4 is 35.1 Å². The Morgan fingerprint density at radius 2 is 1.86 bits per heavy atom. The summed E-state index contributed by atoms with van der Waals surface area (Å²) in [4.78, 5) is 33.0. The molecule has 1 aliphatic carbocycles. The number of nitrogens with one attached hydrogen (secondary N) is 1. The van der Waals surface area contributed by atoms with E-state index in [9.17, 15) is 27.9 Å². The third-order valence-corrected chi connectivity index (χ3v) is 9.58. The first kappa shape index (κ1) is 30.6. The van der Waals surface area contributed by atoms with Crippen LogP contribution < -0.4 is 21.1 Å². The molecule has 2 aliphatic heterocycles. The van der Waals surface area contributed by atoms with Gasteiger partial charge in [0.15, 0.2) is 5.75 Å². The highest BCUT2D eigenvalue weighted by molar-refractivity contribution is 6.62. The summed E-state index contributed by atoms with van der Waals surface area (Å²) in [6.07, 6.45) is -2.22. The molecule has 44 heavy (non-hydrogen) atoms. The largest absolute Gasteiger partial charge is 0.573 e. The molecule has 3 unspecified atom stereocenters. The molecule has 0 bridgehead atoms. The molecule has 234 valence electrons. The zero-order valence-electron chi connectivity index (χ0n) is 25.1. The van der Waals surface area contributed by atoms with Gasteiger partial charge >= 0.3 is 13.5 Å². The molecule has 3 aliphatic rings. The first-order chi connectivity index (χ1) is 20.5. The maximum atomic E-state index is 13.5. The van der Waals surface area contributed by atoms with E-state index in [1.807, 2.05) is 32.6 Å². The number of hydrogen-bond donors (Lipinski definition) is 2. The fourth-order valence-corrected chi connectivity index (χ4v) is 5.98. The van der Waals surface area contributed by atoms with Gasteiger partial charge in [0, 0.05) is 19.0 Å². The van der Waals surface area contributed by atoms with Gasteiger partial charge in [0.1, 0.15) is 6.33 Å². The van der Waals surface area contributed by atoms with E-state index in [0.717, 1.165) is 12.5 Å². The summed E-state index contributed by atoms with van der Waals surface area (Å²) < 4.78 is 57.3. The number of aliphatic hydroxyl groups is 1. The van der Waals surface area contributed by atoms with Crippen molar-refractivity contribution in [2.24, 2.45) is 5.92 Å². The second-order valence-corrected chi connectivity index (χ2v) is 12.9. The van der Waals surface area contributed by atoms with Gasteiger partial charge in [-0.1, -0.05) is 6.07 Å². The standard InChI is InChI=1S/C30H34BF3N4O6/c1-17(37-14-18-10-11-29(18,41)15-37)25(39)36-23-13-20(7-9-24(23)42-30(32,33)34)38-16-35-22-12-19(6-8-21(22)26(38)40)31-43-27(2,3)28(4,5)44-31/h6-9,12-13,16-18,41H,10-11,14-15H2,1-5H3,(H,36,39). The summed E-state index contributed by atoms with van der Waals surface area (Å²) >= 11 is 0. The lowest BCUT2D eigenvalue weighted by atomic mass is 9.72. The van der Waals surface area contributed by atoms with Gasteiger partial charge in [0.25, 0.3) is 5.56 Å². The Balaban J connectivity index is 1.29. The summed E-state index contributed by atoms with van der Waals surface area (Å²) in [5.41, 5.74) is -1.41. The molecule has 0 radical (unpaired) electrons. The number of nitrogens with zero attached hydrogens (tertiary/aromatic N) is 3. The second kappa shape index (κ2) is 10.3. The Kier molecular flexibility index (Phi) is 7.15. The van der Waals surface area contributed by atoms with E-state index >= 15 is 0 Å². The number of carbonyl (C=O) groups is 1. The zero-order chi connectivity index (χ0) is 31.8. The number of ether oxygens (including phenoxy) is 1. The van der Waals surface area contributed by atoms with Gasteiger partial charge in [0.2, 0.25) is 5.91 Å². The van der Waals surface area contributed by atoms with E-state index in [-0.39, 0.29) is 22.7 Å². The first-order valence-corrected chi connectivity index (χ1v) is 14.5. The molecule has 1 aromatic heterocycles. The van der Waals surface area contributed by atoms with Crippen LogP contribution in [0.25, 0.3) is 16.6 Å². The lowest BCUT2D eigenvalue weighted by Gasteiger charge is -2.38. The minimum absolute atomic E-state index is 0.0745. The number of benzene rings is 2. The van der Waals surface area contributed by atoms with Gasteiger partial charge in [-0.2, -0.15) is 0 Å². The maximum Gasteiger partial charge on any atom is 0.573 e. The van der Waals surface area contributed by atoms with Crippen molar-refractivity contribution in [3.05, 3.63) is 53.1 Å². The molecule has 2 aromatic carbocycles. The minimum Gasteiger partial charge on any atom is -0.404 e. The van der Waals surface area contributed by atoms with Crippen molar-refractivity contribution in [3.8, 4) is 11.4 Å². The molecular formula is C30H34BF3N4O6. The number of rotatable bonds is 6. The Bertz CT molecular complexity index is 1680. The predicted octanol–water partition coefficient (Wildman–Crippen LogP) is 3.37. The van der Waals surface area contributed by atoms with Crippen LogP contribution in [-0.4, -0.2) is 74.9 Å². The molecule has 14 heteroatoms. The molecule has 1 amide bonds. The zero-order valence-corrected chi connectivity index (χ0v) is 25.1. The molecule has 3 atom stereocenters. The molecule has 2 N–H and O–H groups in total. The maximum absolute atomic E-state index is 13.5. The normalized spacial score (nSPS) is 25.0. The Morgan fingerprint density at radius 1 is 1.16 bits per heavy atom. The summed E-state index contributed by atoms with van der Waals surface area (Å²) in [6, 6.07) is 7.85. The second-order valence-electron chi connectivity index (χ2n) is 12.9. The molecular weight excluding hydrogens is 580 g/mol. The van der Waals surface area contributed by atoms with Crippen molar-refractivity contribution < 1.29 is 37.1 Å². The smallest absolute Gasteiger partial charge is 0.404 e. The van der Waals surface area contributed by atoms with Crippen molar-refractivity contribution in [1.29, 1.82) is 0 Å². The topological polar surface area (TPSA) is 115 Å². The molecule has 1 saturated carbocycles. The summed E-state index contributed by atoms with van der Waals surface area (Å²) in [7, 11) is -0.651. The predicted molar refractivity (Wildman–Crippen MR) is 157 cm³/mol. The lowest BCUT2D eigenvalue weighted by molar-refractivity contribution is -0.274. The third-order valence-electron chi connectivity index (χ3n) is 9.58. The van der Waals surface area contributed by atoms with Gasteiger partial charge in [-0.15, -0.1) is 13.2 Å². The van der Waals surface area contributed by atoms with Crippen molar-refractivity contribution in [2.75, 3.05) is 18.4 Å². The highest BCUT2D eigenvalue weighted by atomic mass is 19.4. The average molecular weight is 614 g/mol. The van der Waals surface area contributed by atoms with Gasteiger partial charge in [0.05, 0.1) is 45.1 Å². The van der Waals surface area contributed by atoms with E-state index < -0.39 is 53.5 Å². The molecule has 3 heterocycles. The fourth-order valence-electron chi connectivity index (χ4n) is 5.98. The van der Waals surface area contributed by atoms with Crippen LogP contribution in [0.3, 0.4) is 0 Å². The van der Waals surface area contributed by atoms with Crippen LogP contribution in [0.15, 0.2) is 47.5 Å². The van der Waals surface area contributed by atoms with Crippen LogP contribution >= 0.6 is 0 Å². The van der Waals surface area contributed by atoms with Crippen LogP contribution in [0.1, 0.15) is 47.5 Å². The summed E-state index contributed by atoms with van der Waals surface area (Å²) in [6.45, 7) is 10.2. The number of halogens is 3. The van der Waals surface area contributed by atoms with Gasteiger partial charge in [-0.3, -0.25) is 19.1 Å². The first-order valence-electron chi connectivity index (χ1n) is 14.5. The van der Waals surface area contributed by atoms with Crippen molar-refractivity contribution in [1.82, 2.24) is 14.5 Å². The number of aromatic nitrogens is 2. The highest BCUT2D eigenvalue weighted by Gasteiger charge is 2.53. The molecule has 2 saturated heterocycles.